The van der Waals surface area contributed by atoms with Crippen molar-refractivity contribution in [3.63, 3.8) is 0 Å². The third-order valence-corrected chi connectivity index (χ3v) is 3.35. The monoisotopic (exact) mass is 281 g/mol. The van der Waals surface area contributed by atoms with E-state index in [1.165, 1.54) is 6.07 Å². The summed E-state index contributed by atoms with van der Waals surface area (Å²) in [5, 5.41) is 11.5. The minimum atomic E-state index is -0.436. The van der Waals surface area contributed by atoms with E-state index in [1.54, 1.807) is 12.1 Å². The molecule has 1 aromatic carbocycles. The predicted molar refractivity (Wildman–Crippen MR) is 74.2 cm³/mol. The predicted octanol–water partition coefficient (Wildman–Crippen LogP) is 1.53. The van der Waals surface area contributed by atoms with Crippen LogP contribution in [0.4, 0.5) is 4.39 Å². The molecule has 2 rings (SSSR count). The van der Waals surface area contributed by atoms with Gasteiger partial charge in [0.1, 0.15) is 5.82 Å². The maximum Gasteiger partial charge on any atom is 0.173 e. The third-order valence-electron chi connectivity index (χ3n) is 3.35. The summed E-state index contributed by atoms with van der Waals surface area (Å²) in [5.74, 6) is -0.650. The molecule has 2 unspecified atom stereocenters. The van der Waals surface area contributed by atoms with Crippen LogP contribution in [0.5, 0.6) is 0 Å². The van der Waals surface area contributed by atoms with Crippen LogP contribution in [0.3, 0.4) is 0 Å². The first-order valence-corrected chi connectivity index (χ1v) is 6.64. The molecule has 2 atom stereocenters. The van der Waals surface area contributed by atoms with Crippen LogP contribution in [0.15, 0.2) is 23.4 Å². The van der Waals surface area contributed by atoms with Gasteiger partial charge >= 0.3 is 0 Å². The molecule has 0 amide bonds. The number of morpholine rings is 1. The molecule has 1 aromatic rings. The van der Waals surface area contributed by atoms with Crippen LogP contribution in [-0.2, 0) is 11.3 Å². The largest absolute Gasteiger partial charge is 0.409 e. The van der Waals surface area contributed by atoms with Gasteiger partial charge in [0.05, 0.1) is 17.8 Å². The zero-order chi connectivity index (χ0) is 14.7. The number of halogens is 1. The number of benzene rings is 1. The van der Waals surface area contributed by atoms with Crippen LogP contribution in [0.25, 0.3) is 0 Å². The van der Waals surface area contributed by atoms with E-state index in [9.17, 15) is 4.39 Å². The number of nitrogens with zero attached hydrogens (tertiary/aromatic N) is 2. The van der Waals surface area contributed by atoms with Crippen molar-refractivity contribution >= 4 is 5.84 Å². The van der Waals surface area contributed by atoms with E-state index in [1.807, 2.05) is 13.8 Å². The molecule has 3 N–H and O–H groups in total. The van der Waals surface area contributed by atoms with Crippen molar-refractivity contribution in [2.45, 2.75) is 32.6 Å². The fourth-order valence-corrected chi connectivity index (χ4v) is 2.61. The van der Waals surface area contributed by atoms with Gasteiger partial charge in [0.2, 0.25) is 0 Å². The molecule has 1 heterocycles. The molecule has 0 radical (unpaired) electrons. The number of hydrogen-bond acceptors (Lipinski definition) is 4. The van der Waals surface area contributed by atoms with Gasteiger partial charge in [0.25, 0.3) is 0 Å². The first kappa shape index (κ1) is 14.7. The summed E-state index contributed by atoms with van der Waals surface area (Å²) in [4.78, 5) is 2.15. The Balaban J connectivity index is 2.17. The Hall–Kier alpha value is -1.66. The Morgan fingerprint density at radius 2 is 2.10 bits per heavy atom. The minimum absolute atomic E-state index is 0.124. The van der Waals surface area contributed by atoms with Gasteiger partial charge in [0.15, 0.2) is 5.84 Å². The van der Waals surface area contributed by atoms with Gasteiger partial charge in [-0.05, 0) is 19.9 Å². The van der Waals surface area contributed by atoms with E-state index in [4.69, 9.17) is 15.7 Å². The topological polar surface area (TPSA) is 71.1 Å². The maximum atomic E-state index is 14.3. The molecule has 0 aromatic heterocycles. The fourth-order valence-electron chi connectivity index (χ4n) is 2.61. The van der Waals surface area contributed by atoms with Crippen molar-refractivity contribution in [2.75, 3.05) is 13.1 Å². The van der Waals surface area contributed by atoms with E-state index < -0.39 is 5.82 Å². The normalized spacial score (nSPS) is 24.9. The second-order valence-corrected chi connectivity index (χ2v) is 5.22. The molecule has 0 bridgehead atoms. The van der Waals surface area contributed by atoms with Gasteiger partial charge in [-0.25, -0.2) is 4.39 Å². The third kappa shape index (κ3) is 3.26. The molecule has 1 saturated heterocycles. The molecule has 1 aliphatic rings. The van der Waals surface area contributed by atoms with E-state index in [2.05, 4.69) is 10.1 Å². The van der Waals surface area contributed by atoms with Crippen LogP contribution in [0.2, 0.25) is 0 Å². The zero-order valence-corrected chi connectivity index (χ0v) is 11.7. The molecule has 0 spiro atoms. The van der Waals surface area contributed by atoms with Crippen LogP contribution in [0, 0.1) is 5.82 Å². The molecule has 0 saturated carbocycles. The lowest BCUT2D eigenvalue weighted by Gasteiger charge is -2.35. The Morgan fingerprint density at radius 3 is 2.70 bits per heavy atom. The van der Waals surface area contributed by atoms with Crippen LogP contribution in [0.1, 0.15) is 25.0 Å². The highest BCUT2D eigenvalue weighted by molar-refractivity contribution is 5.97. The molecule has 20 heavy (non-hydrogen) atoms. The van der Waals surface area contributed by atoms with Gasteiger partial charge < -0.3 is 15.7 Å². The first-order chi connectivity index (χ1) is 9.51. The van der Waals surface area contributed by atoms with Gasteiger partial charge in [-0.2, -0.15) is 0 Å². The summed E-state index contributed by atoms with van der Waals surface area (Å²) >= 11 is 0. The lowest BCUT2D eigenvalue weighted by Crippen LogP contribution is -2.45. The van der Waals surface area contributed by atoms with Crippen molar-refractivity contribution in [3.8, 4) is 0 Å². The van der Waals surface area contributed by atoms with Gasteiger partial charge in [-0.15, -0.1) is 0 Å². The van der Waals surface area contributed by atoms with Crippen LogP contribution < -0.4 is 5.73 Å². The molecule has 1 aliphatic heterocycles. The minimum Gasteiger partial charge on any atom is -0.409 e. The Labute approximate surface area is 117 Å². The molecule has 5 nitrogen and oxygen atoms in total. The maximum absolute atomic E-state index is 14.3. The highest BCUT2D eigenvalue weighted by Gasteiger charge is 2.23. The number of amidine groups is 1. The number of ether oxygens (including phenoxy) is 1. The van der Waals surface area contributed by atoms with Crippen LogP contribution >= 0.6 is 0 Å². The lowest BCUT2D eigenvalue weighted by molar-refractivity contribution is -0.0707. The Morgan fingerprint density at radius 1 is 1.45 bits per heavy atom. The van der Waals surface area contributed by atoms with E-state index >= 15 is 0 Å². The van der Waals surface area contributed by atoms with Crippen molar-refractivity contribution in [3.05, 3.63) is 35.1 Å². The summed E-state index contributed by atoms with van der Waals surface area (Å²) in [6.45, 7) is 6.02. The van der Waals surface area contributed by atoms with E-state index in [-0.39, 0.29) is 23.6 Å². The zero-order valence-electron chi connectivity index (χ0n) is 11.7. The van der Waals surface area contributed by atoms with E-state index in [0.717, 1.165) is 13.1 Å². The second-order valence-electron chi connectivity index (χ2n) is 5.22. The molecule has 110 valence electrons. The first-order valence-electron chi connectivity index (χ1n) is 6.64. The average molecular weight is 281 g/mol. The van der Waals surface area contributed by atoms with Gasteiger partial charge in [0, 0.05) is 25.2 Å². The number of rotatable bonds is 3. The van der Waals surface area contributed by atoms with Crippen LogP contribution in [-0.4, -0.2) is 41.2 Å². The summed E-state index contributed by atoms with van der Waals surface area (Å²) in [6.07, 6.45) is 0.267. The average Bonchev–Trinajstić information content (AvgIpc) is 2.39. The highest BCUT2D eigenvalue weighted by Crippen LogP contribution is 2.18. The Bertz CT molecular complexity index is 497. The molecular weight excluding hydrogens is 261 g/mol. The molecule has 1 fully saturated rings. The second kappa shape index (κ2) is 6.19. The van der Waals surface area contributed by atoms with Crippen molar-refractivity contribution < 1.29 is 14.3 Å². The summed E-state index contributed by atoms with van der Waals surface area (Å²) in [7, 11) is 0. The fraction of sp³-hybridized carbons (Fsp3) is 0.500. The quantitative estimate of drug-likeness (QED) is 0.381. The van der Waals surface area contributed by atoms with Crippen molar-refractivity contribution in [1.29, 1.82) is 0 Å². The SMILES string of the molecule is CC1CN(Cc2cccc(/C(N)=N/O)c2F)CC(C)O1. The molecule has 6 heteroatoms. The standard InChI is InChI=1S/C14H20FN3O2/c1-9-6-18(7-10(2)20-9)8-11-4-3-5-12(13(11)15)14(16)17-19/h3-5,9-10,19H,6-8H2,1-2H3,(H2,16,17). The lowest BCUT2D eigenvalue weighted by atomic mass is 10.1. The van der Waals surface area contributed by atoms with Gasteiger partial charge in [-0.3, -0.25) is 4.90 Å². The highest BCUT2D eigenvalue weighted by atomic mass is 19.1. The molecular formula is C14H20FN3O2. The number of hydrogen-bond donors (Lipinski definition) is 2. The van der Waals surface area contributed by atoms with E-state index in [0.29, 0.717) is 12.1 Å². The number of oxime groups is 1. The summed E-state index contributed by atoms with van der Waals surface area (Å²) in [6, 6.07) is 4.92. The van der Waals surface area contributed by atoms with Crippen molar-refractivity contribution in [1.82, 2.24) is 4.90 Å². The molecule has 0 aliphatic carbocycles. The van der Waals surface area contributed by atoms with Crippen molar-refractivity contribution in [2.24, 2.45) is 10.9 Å². The Kier molecular flexibility index (Phi) is 4.57. The summed E-state index contributed by atoms with van der Waals surface area (Å²) in [5.41, 5.74) is 6.13. The smallest absolute Gasteiger partial charge is 0.173 e. The summed E-state index contributed by atoms with van der Waals surface area (Å²) < 4.78 is 20.0. The number of nitrogens with two attached hydrogens (primary N) is 1. The van der Waals surface area contributed by atoms with Gasteiger partial charge in [-0.1, -0.05) is 17.3 Å².